The predicted molar refractivity (Wildman–Crippen MR) is 32.1 cm³/mol. The normalized spacial score (nSPS) is 36.4. The molecule has 0 N–H and O–H groups in total. The molecule has 0 spiro atoms. The molecule has 1 saturated heterocycles. The average molecular weight is 138 g/mol. The van der Waals surface area contributed by atoms with E-state index in [-0.39, 0.29) is 30.2 Å². The van der Waals surface area contributed by atoms with Crippen molar-refractivity contribution in [3.05, 3.63) is 12.2 Å². The minimum atomic E-state index is -0.271. The molecular formula is C7H6O3. The largest absolute Gasteiger partial charge is 0.464 e. The summed E-state index contributed by atoms with van der Waals surface area (Å²) in [6.07, 6.45) is 3.10. The Balaban J connectivity index is 2.32. The number of ether oxygens (including phenoxy) is 1. The fourth-order valence-electron chi connectivity index (χ4n) is 1.33. The zero-order chi connectivity index (χ0) is 7.14. The van der Waals surface area contributed by atoms with Gasteiger partial charge in [0, 0.05) is 0 Å². The highest BCUT2D eigenvalue weighted by molar-refractivity contribution is 6.00. The summed E-state index contributed by atoms with van der Waals surface area (Å²) in [7, 11) is 0. The second-order valence-corrected chi connectivity index (χ2v) is 2.52. The molecule has 0 aromatic heterocycles. The van der Waals surface area contributed by atoms with Gasteiger partial charge < -0.3 is 4.74 Å². The van der Waals surface area contributed by atoms with E-state index in [0.717, 1.165) is 0 Å². The van der Waals surface area contributed by atoms with Gasteiger partial charge in [0.25, 0.3) is 0 Å². The summed E-state index contributed by atoms with van der Waals surface area (Å²) >= 11 is 0. The van der Waals surface area contributed by atoms with E-state index in [2.05, 4.69) is 4.74 Å². The maximum Gasteiger partial charge on any atom is 0.313 e. The SMILES string of the molecule is O=C1OCC2C(=O)C=CC12. The van der Waals surface area contributed by atoms with E-state index >= 15 is 0 Å². The lowest BCUT2D eigenvalue weighted by atomic mass is 9.99. The number of ketones is 1. The van der Waals surface area contributed by atoms with E-state index in [1.54, 1.807) is 6.08 Å². The fourth-order valence-corrected chi connectivity index (χ4v) is 1.33. The van der Waals surface area contributed by atoms with Crippen molar-refractivity contribution in [3.8, 4) is 0 Å². The van der Waals surface area contributed by atoms with Crippen LogP contribution in [0.1, 0.15) is 0 Å². The number of rotatable bonds is 0. The highest BCUT2D eigenvalue weighted by atomic mass is 16.5. The number of carbonyl (C=O) groups is 2. The molecule has 0 radical (unpaired) electrons. The molecule has 0 aromatic carbocycles. The van der Waals surface area contributed by atoms with Gasteiger partial charge in [-0.05, 0) is 6.08 Å². The van der Waals surface area contributed by atoms with E-state index in [1.165, 1.54) is 6.08 Å². The Labute approximate surface area is 57.7 Å². The first-order chi connectivity index (χ1) is 4.79. The average Bonchev–Trinajstić information content (AvgIpc) is 2.41. The topological polar surface area (TPSA) is 43.4 Å². The second-order valence-electron chi connectivity index (χ2n) is 2.52. The first kappa shape index (κ1) is 5.65. The molecule has 52 valence electrons. The fraction of sp³-hybridized carbons (Fsp3) is 0.429. The number of esters is 1. The van der Waals surface area contributed by atoms with Crippen molar-refractivity contribution in [1.29, 1.82) is 0 Å². The molecule has 0 amide bonds. The van der Waals surface area contributed by atoms with Crippen LogP contribution in [0.2, 0.25) is 0 Å². The van der Waals surface area contributed by atoms with Crippen LogP contribution in [-0.2, 0) is 14.3 Å². The number of hydrogen-bond donors (Lipinski definition) is 0. The minimum Gasteiger partial charge on any atom is -0.464 e. The maximum atomic E-state index is 10.9. The van der Waals surface area contributed by atoms with Crippen molar-refractivity contribution in [2.24, 2.45) is 11.8 Å². The van der Waals surface area contributed by atoms with Crippen molar-refractivity contribution in [1.82, 2.24) is 0 Å². The Hall–Kier alpha value is -1.12. The first-order valence-corrected chi connectivity index (χ1v) is 3.18. The molecule has 1 aliphatic carbocycles. The molecule has 3 nitrogen and oxygen atoms in total. The van der Waals surface area contributed by atoms with E-state index in [1.807, 2.05) is 0 Å². The van der Waals surface area contributed by atoms with Crippen molar-refractivity contribution in [2.75, 3.05) is 6.61 Å². The molecule has 1 heterocycles. The molecule has 2 rings (SSSR count). The van der Waals surface area contributed by atoms with Gasteiger partial charge >= 0.3 is 5.97 Å². The standard InChI is InChI=1S/C7H6O3/c8-6-2-1-4-5(6)3-10-7(4)9/h1-2,4-5H,3H2. The van der Waals surface area contributed by atoms with Crippen LogP contribution in [0.5, 0.6) is 0 Å². The molecule has 1 fully saturated rings. The molecule has 2 unspecified atom stereocenters. The molecule has 0 bridgehead atoms. The number of carbonyl (C=O) groups excluding carboxylic acids is 2. The molecule has 2 atom stereocenters. The quantitative estimate of drug-likeness (QED) is 0.439. The van der Waals surface area contributed by atoms with E-state index in [0.29, 0.717) is 0 Å². The van der Waals surface area contributed by atoms with Crippen LogP contribution in [0.4, 0.5) is 0 Å². The van der Waals surface area contributed by atoms with E-state index in [9.17, 15) is 9.59 Å². The van der Waals surface area contributed by atoms with Crippen LogP contribution in [-0.4, -0.2) is 18.4 Å². The second kappa shape index (κ2) is 1.68. The van der Waals surface area contributed by atoms with Gasteiger partial charge in [0.05, 0.1) is 11.8 Å². The summed E-state index contributed by atoms with van der Waals surface area (Å²) in [6, 6.07) is 0. The number of hydrogen-bond acceptors (Lipinski definition) is 3. The van der Waals surface area contributed by atoms with Gasteiger partial charge in [0.1, 0.15) is 6.61 Å². The van der Waals surface area contributed by atoms with Gasteiger partial charge in [0.15, 0.2) is 5.78 Å². The number of fused-ring (bicyclic) bond motifs is 1. The molecule has 1 aliphatic heterocycles. The summed E-state index contributed by atoms with van der Waals surface area (Å²) < 4.78 is 4.68. The Bertz CT molecular complexity index is 229. The highest BCUT2D eigenvalue weighted by Gasteiger charge is 2.42. The summed E-state index contributed by atoms with van der Waals surface area (Å²) in [5.41, 5.74) is 0. The third-order valence-corrected chi connectivity index (χ3v) is 1.94. The van der Waals surface area contributed by atoms with Crippen LogP contribution in [0, 0.1) is 11.8 Å². The van der Waals surface area contributed by atoms with Crippen LogP contribution >= 0.6 is 0 Å². The van der Waals surface area contributed by atoms with Gasteiger partial charge in [-0.1, -0.05) is 6.08 Å². The van der Waals surface area contributed by atoms with E-state index < -0.39 is 0 Å². The summed E-state index contributed by atoms with van der Waals surface area (Å²) in [5.74, 6) is -0.706. The Morgan fingerprint density at radius 1 is 1.50 bits per heavy atom. The van der Waals surface area contributed by atoms with Gasteiger partial charge in [-0.15, -0.1) is 0 Å². The Kier molecular flexibility index (Phi) is 0.952. The van der Waals surface area contributed by atoms with Crippen LogP contribution in [0.3, 0.4) is 0 Å². The number of allylic oxidation sites excluding steroid dienone is 1. The molecule has 0 aromatic rings. The monoisotopic (exact) mass is 138 g/mol. The third kappa shape index (κ3) is 0.546. The maximum absolute atomic E-state index is 10.9. The molecule has 10 heavy (non-hydrogen) atoms. The van der Waals surface area contributed by atoms with Crippen molar-refractivity contribution < 1.29 is 14.3 Å². The van der Waals surface area contributed by atoms with Crippen LogP contribution in [0.15, 0.2) is 12.2 Å². The molecule has 2 aliphatic rings. The van der Waals surface area contributed by atoms with Crippen molar-refractivity contribution in [3.63, 3.8) is 0 Å². The van der Waals surface area contributed by atoms with Crippen LogP contribution < -0.4 is 0 Å². The third-order valence-electron chi connectivity index (χ3n) is 1.94. The Morgan fingerprint density at radius 3 is 3.00 bits per heavy atom. The minimum absolute atomic E-state index is 0.0239. The molecular weight excluding hydrogens is 132 g/mol. The zero-order valence-corrected chi connectivity index (χ0v) is 5.24. The predicted octanol–water partition coefficient (Wildman–Crippen LogP) is -0.0855. The van der Waals surface area contributed by atoms with Crippen molar-refractivity contribution >= 4 is 11.8 Å². The lowest BCUT2D eigenvalue weighted by Crippen LogP contribution is -2.14. The lowest BCUT2D eigenvalue weighted by molar-refractivity contribution is -0.140. The summed E-state index contributed by atoms with van der Waals surface area (Å²) in [5, 5.41) is 0. The van der Waals surface area contributed by atoms with E-state index in [4.69, 9.17) is 0 Å². The summed E-state index contributed by atoms with van der Waals surface area (Å²) in [4.78, 5) is 21.7. The van der Waals surface area contributed by atoms with Gasteiger partial charge in [-0.2, -0.15) is 0 Å². The Morgan fingerprint density at radius 2 is 2.30 bits per heavy atom. The smallest absolute Gasteiger partial charge is 0.313 e. The number of cyclic esters (lactones) is 1. The van der Waals surface area contributed by atoms with Crippen molar-refractivity contribution in [2.45, 2.75) is 0 Å². The van der Waals surface area contributed by atoms with Crippen LogP contribution in [0.25, 0.3) is 0 Å². The lowest BCUT2D eigenvalue weighted by Gasteiger charge is -1.97. The van der Waals surface area contributed by atoms with Gasteiger partial charge in [-0.25, -0.2) is 0 Å². The van der Waals surface area contributed by atoms with Gasteiger partial charge in [-0.3, -0.25) is 9.59 Å². The highest BCUT2D eigenvalue weighted by Crippen LogP contribution is 2.29. The first-order valence-electron chi connectivity index (χ1n) is 3.18. The molecule has 3 heteroatoms. The summed E-state index contributed by atoms with van der Waals surface area (Å²) in [6.45, 7) is 0.273. The molecule has 0 saturated carbocycles. The zero-order valence-electron chi connectivity index (χ0n) is 5.24. The van der Waals surface area contributed by atoms with Gasteiger partial charge in [0.2, 0.25) is 0 Å².